The molecule has 0 aromatic carbocycles. The molecule has 0 radical (unpaired) electrons. The maximum atomic E-state index is 11.1. The molecule has 0 aliphatic heterocycles. The van der Waals surface area contributed by atoms with Crippen LogP contribution in [0.2, 0.25) is 0 Å². The zero-order valence-corrected chi connectivity index (χ0v) is 13.1. The molecule has 0 aliphatic rings. The molecule has 0 aromatic heterocycles. The smallest absolute Gasteiger partial charge is 0.248 e. The number of carbonyl (C=O) groups excluding carboxylic acids is 2. The highest BCUT2D eigenvalue weighted by Gasteiger charge is 2.05. The third-order valence-electron chi connectivity index (χ3n) is 3.24. The van der Waals surface area contributed by atoms with Crippen LogP contribution in [-0.4, -0.2) is 11.9 Å². The van der Waals surface area contributed by atoms with Crippen LogP contribution in [0.1, 0.15) is 90.9 Å². The van der Waals surface area contributed by atoms with Gasteiger partial charge in [0.1, 0.15) is 0 Å². The number of hydrogen-bond donors (Lipinski definition) is 0. The van der Waals surface area contributed by atoms with Gasteiger partial charge in [-0.05, 0) is 6.42 Å². The summed E-state index contributed by atoms with van der Waals surface area (Å²) in [6.07, 6.45) is 14.0. The zero-order chi connectivity index (χ0) is 15.1. The average molecular weight is 286 g/mol. The lowest BCUT2D eigenvalue weighted by Gasteiger charge is -2.02. The van der Waals surface area contributed by atoms with Gasteiger partial charge in [-0.3, -0.25) is 0 Å². The van der Waals surface area contributed by atoms with Crippen molar-refractivity contribution in [1.82, 2.24) is 0 Å². The van der Waals surface area contributed by atoms with E-state index in [9.17, 15) is 9.59 Å². The summed E-state index contributed by atoms with van der Waals surface area (Å²) in [6.45, 7) is 3.44. The molecule has 0 aliphatic carbocycles. The summed E-state index contributed by atoms with van der Waals surface area (Å²) in [6, 6.07) is 0. The lowest BCUT2D eigenvalue weighted by atomic mass is 10.1. The van der Waals surface area contributed by atoms with E-state index < -0.39 is 11.9 Å². The zero-order valence-electron chi connectivity index (χ0n) is 13.1. The van der Waals surface area contributed by atoms with E-state index in [0.29, 0.717) is 6.42 Å². The minimum absolute atomic E-state index is 0.324. The van der Waals surface area contributed by atoms with Gasteiger partial charge in [-0.15, -0.1) is 0 Å². The highest BCUT2D eigenvalue weighted by molar-refractivity contribution is 5.71. The van der Waals surface area contributed by atoms with Crippen molar-refractivity contribution >= 4 is 11.9 Å². The molecule has 0 saturated heterocycles. The minimum Gasteiger partial charge on any atom is -0.248 e. The van der Waals surface area contributed by atoms with E-state index in [4.69, 9.17) is 0 Å². The Kier molecular flexibility index (Phi) is 13.6. The van der Waals surface area contributed by atoms with Gasteiger partial charge < -0.3 is 0 Å². The van der Waals surface area contributed by atoms with Crippen molar-refractivity contribution in [3.8, 4) is 0 Å². The second-order valence-electron chi connectivity index (χ2n) is 5.32. The molecule has 4 nitrogen and oxygen atoms in total. The van der Waals surface area contributed by atoms with Gasteiger partial charge in [0.25, 0.3) is 0 Å². The normalized spacial score (nSPS) is 10.3. The van der Waals surface area contributed by atoms with Crippen LogP contribution in [0.25, 0.3) is 0 Å². The lowest BCUT2D eigenvalue weighted by Crippen LogP contribution is -2.08. The summed E-state index contributed by atoms with van der Waals surface area (Å²) >= 11 is 0. The van der Waals surface area contributed by atoms with Gasteiger partial charge in [0.2, 0.25) is 0 Å². The highest BCUT2D eigenvalue weighted by atomic mass is 17.2. The molecule has 0 rings (SSSR count). The van der Waals surface area contributed by atoms with Crippen molar-refractivity contribution in [3.63, 3.8) is 0 Å². The fourth-order valence-electron chi connectivity index (χ4n) is 2.08. The first-order valence-electron chi connectivity index (χ1n) is 8.04. The molecule has 4 heteroatoms. The predicted octanol–water partition coefficient (Wildman–Crippen LogP) is 4.71. The van der Waals surface area contributed by atoms with Gasteiger partial charge in [-0.1, -0.05) is 71.1 Å². The van der Waals surface area contributed by atoms with Gasteiger partial charge in [0.15, 0.2) is 0 Å². The van der Waals surface area contributed by atoms with Crippen molar-refractivity contribution in [3.05, 3.63) is 0 Å². The molecule has 0 fully saturated rings. The van der Waals surface area contributed by atoms with E-state index in [1.54, 1.807) is 0 Å². The Hall–Kier alpha value is -1.06. The Balaban J connectivity index is 3.12. The molecule has 20 heavy (non-hydrogen) atoms. The second kappa shape index (κ2) is 14.4. The van der Waals surface area contributed by atoms with Crippen LogP contribution in [-0.2, 0) is 19.4 Å². The Morgan fingerprint density at radius 3 is 1.60 bits per heavy atom. The third kappa shape index (κ3) is 15.0. The van der Waals surface area contributed by atoms with Crippen LogP contribution >= 0.6 is 0 Å². The fraction of sp³-hybridized carbons (Fsp3) is 0.875. The maximum Gasteiger partial charge on any atom is 0.355 e. The number of unbranched alkanes of at least 4 members (excludes halogenated alkanes) is 10. The van der Waals surface area contributed by atoms with E-state index in [1.807, 2.05) is 0 Å². The molecule has 0 spiro atoms. The second-order valence-corrected chi connectivity index (χ2v) is 5.32. The lowest BCUT2D eigenvalue weighted by molar-refractivity contribution is -0.257. The van der Waals surface area contributed by atoms with E-state index in [-0.39, 0.29) is 0 Å². The van der Waals surface area contributed by atoms with Crippen LogP contribution in [0, 0.1) is 0 Å². The van der Waals surface area contributed by atoms with Crippen LogP contribution in [0.3, 0.4) is 0 Å². The van der Waals surface area contributed by atoms with Gasteiger partial charge in [-0.25, -0.2) is 19.4 Å². The molecule has 0 unspecified atom stereocenters. The van der Waals surface area contributed by atoms with Crippen molar-refractivity contribution in [2.75, 3.05) is 0 Å². The van der Waals surface area contributed by atoms with Gasteiger partial charge in [0, 0.05) is 6.92 Å². The number of rotatable bonds is 12. The van der Waals surface area contributed by atoms with Crippen molar-refractivity contribution in [2.45, 2.75) is 90.9 Å². The topological polar surface area (TPSA) is 52.6 Å². The molecular formula is C16H30O4. The molecule has 0 N–H and O–H groups in total. The van der Waals surface area contributed by atoms with Crippen LogP contribution in [0.15, 0.2) is 0 Å². The van der Waals surface area contributed by atoms with Crippen LogP contribution in [0.5, 0.6) is 0 Å². The Labute approximate surface area is 123 Å². The first kappa shape index (κ1) is 18.9. The van der Waals surface area contributed by atoms with Crippen LogP contribution in [0.4, 0.5) is 0 Å². The SMILES string of the molecule is CCCCCCCCCCCCCC(=O)OOC(C)=O. The minimum atomic E-state index is -0.600. The molecule has 0 heterocycles. The van der Waals surface area contributed by atoms with E-state index >= 15 is 0 Å². The number of carbonyl (C=O) groups is 2. The summed E-state index contributed by atoms with van der Waals surface area (Å²) in [5.41, 5.74) is 0. The first-order valence-corrected chi connectivity index (χ1v) is 8.04. The summed E-state index contributed by atoms with van der Waals surface area (Å²) < 4.78 is 0. The summed E-state index contributed by atoms with van der Waals surface area (Å²) in [4.78, 5) is 30.0. The maximum absolute atomic E-state index is 11.1. The predicted molar refractivity (Wildman–Crippen MR) is 78.9 cm³/mol. The Morgan fingerprint density at radius 2 is 1.15 bits per heavy atom. The van der Waals surface area contributed by atoms with E-state index in [1.165, 1.54) is 58.3 Å². The van der Waals surface area contributed by atoms with E-state index in [2.05, 4.69) is 16.7 Å². The first-order chi connectivity index (χ1) is 9.66. The largest absolute Gasteiger partial charge is 0.355 e. The van der Waals surface area contributed by atoms with Crippen molar-refractivity contribution < 1.29 is 19.4 Å². The fourth-order valence-corrected chi connectivity index (χ4v) is 2.08. The molecule has 0 amide bonds. The van der Waals surface area contributed by atoms with Gasteiger partial charge >= 0.3 is 11.9 Å². The van der Waals surface area contributed by atoms with E-state index in [0.717, 1.165) is 19.3 Å². The van der Waals surface area contributed by atoms with Crippen molar-refractivity contribution in [2.24, 2.45) is 0 Å². The van der Waals surface area contributed by atoms with Gasteiger partial charge in [-0.2, -0.15) is 0 Å². The molecule has 0 bridgehead atoms. The third-order valence-corrected chi connectivity index (χ3v) is 3.24. The van der Waals surface area contributed by atoms with Gasteiger partial charge in [0.05, 0.1) is 6.42 Å². The molecule has 118 valence electrons. The van der Waals surface area contributed by atoms with Crippen LogP contribution < -0.4 is 0 Å². The molecular weight excluding hydrogens is 256 g/mol. The molecule has 0 atom stereocenters. The standard InChI is InChI=1S/C16H30O4/c1-3-4-5-6-7-8-9-10-11-12-13-14-16(18)20-19-15(2)17/h3-14H2,1-2H3. The van der Waals surface area contributed by atoms with Crippen molar-refractivity contribution in [1.29, 1.82) is 0 Å². The summed E-state index contributed by atoms with van der Waals surface area (Å²) in [5, 5.41) is 0. The quantitative estimate of drug-likeness (QED) is 0.296. The Morgan fingerprint density at radius 1 is 0.700 bits per heavy atom. The Bertz CT molecular complexity index is 251. The molecule has 0 saturated carbocycles. The number of hydrogen-bond acceptors (Lipinski definition) is 4. The summed E-state index contributed by atoms with van der Waals surface area (Å²) in [7, 11) is 0. The highest BCUT2D eigenvalue weighted by Crippen LogP contribution is 2.12. The molecule has 0 aromatic rings. The monoisotopic (exact) mass is 286 g/mol. The average Bonchev–Trinajstić information content (AvgIpc) is 2.42. The summed E-state index contributed by atoms with van der Waals surface area (Å²) in [5.74, 6) is -1.06.